The van der Waals surface area contributed by atoms with Gasteiger partial charge in [0.15, 0.2) is 16.7 Å². The molecule has 0 aliphatic rings. The number of nitrogens with zero attached hydrogens (tertiary/aromatic N) is 1. The molecule has 0 amide bonds. The number of thioether (sulfide) groups is 1. The number of para-hydroxylation sites is 1. The number of ether oxygens (including phenoxy) is 1. The quantitative estimate of drug-likeness (QED) is 0.483. The van der Waals surface area contributed by atoms with Crippen LogP contribution in [0.2, 0.25) is 0 Å². The number of aliphatic imine (C=N–C) groups is 1. The van der Waals surface area contributed by atoms with Gasteiger partial charge in [-0.25, -0.2) is 4.39 Å². The van der Waals surface area contributed by atoms with Crippen molar-refractivity contribution in [3.63, 3.8) is 0 Å². The molecule has 0 fully saturated rings. The lowest BCUT2D eigenvalue weighted by molar-refractivity contribution is 0.325. The van der Waals surface area contributed by atoms with Crippen LogP contribution in [0, 0.1) is 5.82 Å². The molecule has 2 aromatic carbocycles. The van der Waals surface area contributed by atoms with Crippen LogP contribution < -0.4 is 10.5 Å². The number of benzene rings is 2. The van der Waals surface area contributed by atoms with E-state index in [0.29, 0.717) is 24.1 Å². The number of amidine groups is 1. The van der Waals surface area contributed by atoms with Gasteiger partial charge in [-0.3, -0.25) is 4.99 Å². The van der Waals surface area contributed by atoms with Crippen molar-refractivity contribution >= 4 is 16.9 Å². The molecule has 2 N–H and O–H groups in total. The van der Waals surface area contributed by atoms with E-state index in [1.807, 2.05) is 18.2 Å². The summed E-state index contributed by atoms with van der Waals surface area (Å²) in [5, 5.41) is 0.535. The summed E-state index contributed by atoms with van der Waals surface area (Å²) < 4.78 is 18.7. The van der Waals surface area contributed by atoms with E-state index in [-0.39, 0.29) is 11.6 Å². The second-order valence-corrected chi connectivity index (χ2v) is 5.70. The minimum atomic E-state index is -0.350. The monoisotopic (exact) mass is 318 g/mol. The highest BCUT2D eigenvalue weighted by molar-refractivity contribution is 8.13. The van der Waals surface area contributed by atoms with Crippen molar-refractivity contribution < 1.29 is 9.13 Å². The zero-order valence-corrected chi connectivity index (χ0v) is 13.1. The molecule has 0 aromatic heterocycles. The lowest BCUT2D eigenvalue weighted by Crippen LogP contribution is -2.11. The van der Waals surface area contributed by atoms with Crippen molar-refractivity contribution in [2.75, 3.05) is 18.9 Å². The SMILES string of the molecule is NC(=NCCc1ccccc1)SCCOc1ccccc1F. The van der Waals surface area contributed by atoms with Gasteiger partial charge in [-0.15, -0.1) is 0 Å². The molecule has 116 valence electrons. The first-order chi connectivity index (χ1) is 10.8. The van der Waals surface area contributed by atoms with Crippen LogP contribution in [0.5, 0.6) is 5.75 Å². The zero-order chi connectivity index (χ0) is 15.6. The highest BCUT2D eigenvalue weighted by Crippen LogP contribution is 2.15. The van der Waals surface area contributed by atoms with Crippen molar-refractivity contribution in [1.29, 1.82) is 0 Å². The van der Waals surface area contributed by atoms with Crippen molar-refractivity contribution in [3.05, 3.63) is 66.0 Å². The predicted molar refractivity (Wildman–Crippen MR) is 91.0 cm³/mol. The fourth-order valence-corrected chi connectivity index (χ4v) is 2.40. The maximum absolute atomic E-state index is 13.3. The third-order valence-corrected chi connectivity index (χ3v) is 3.73. The topological polar surface area (TPSA) is 47.6 Å². The number of halogens is 1. The minimum absolute atomic E-state index is 0.266. The first-order valence-corrected chi connectivity index (χ1v) is 8.08. The smallest absolute Gasteiger partial charge is 0.165 e. The molecule has 3 nitrogen and oxygen atoms in total. The molecule has 0 unspecified atom stereocenters. The summed E-state index contributed by atoms with van der Waals surface area (Å²) >= 11 is 1.42. The number of hydrogen-bond acceptors (Lipinski definition) is 3. The van der Waals surface area contributed by atoms with Gasteiger partial charge in [0.05, 0.1) is 6.61 Å². The molecule has 0 atom stereocenters. The minimum Gasteiger partial charge on any atom is -0.490 e. The van der Waals surface area contributed by atoms with E-state index in [2.05, 4.69) is 17.1 Å². The van der Waals surface area contributed by atoms with Crippen LogP contribution >= 0.6 is 11.8 Å². The Balaban J connectivity index is 1.64. The van der Waals surface area contributed by atoms with Gasteiger partial charge in [-0.05, 0) is 24.1 Å². The number of hydrogen-bond donors (Lipinski definition) is 1. The van der Waals surface area contributed by atoms with Crippen LogP contribution in [0.25, 0.3) is 0 Å². The van der Waals surface area contributed by atoms with E-state index in [0.717, 1.165) is 6.42 Å². The van der Waals surface area contributed by atoms with Crippen LogP contribution in [-0.2, 0) is 6.42 Å². The average Bonchev–Trinajstić information content (AvgIpc) is 2.54. The first kappa shape index (κ1) is 16.4. The van der Waals surface area contributed by atoms with Gasteiger partial charge in [-0.1, -0.05) is 54.2 Å². The second-order valence-electron chi connectivity index (χ2n) is 4.58. The van der Waals surface area contributed by atoms with Crippen molar-refractivity contribution in [2.24, 2.45) is 10.7 Å². The summed E-state index contributed by atoms with van der Waals surface area (Å²) in [6, 6.07) is 16.5. The van der Waals surface area contributed by atoms with Crippen LogP contribution in [0.4, 0.5) is 4.39 Å². The Bertz CT molecular complexity index is 605. The average molecular weight is 318 g/mol. The molecule has 0 heterocycles. The number of nitrogens with two attached hydrogens (primary N) is 1. The molecule has 0 spiro atoms. The largest absolute Gasteiger partial charge is 0.490 e. The van der Waals surface area contributed by atoms with E-state index >= 15 is 0 Å². The maximum atomic E-state index is 13.3. The predicted octanol–water partition coefficient (Wildman–Crippen LogP) is 3.50. The van der Waals surface area contributed by atoms with Gasteiger partial charge < -0.3 is 10.5 Å². The Morgan fingerprint density at radius 3 is 2.59 bits per heavy atom. The molecule has 2 aromatic rings. The van der Waals surface area contributed by atoms with E-state index < -0.39 is 0 Å². The van der Waals surface area contributed by atoms with Crippen LogP contribution in [-0.4, -0.2) is 24.1 Å². The van der Waals surface area contributed by atoms with E-state index in [9.17, 15) is 4.39 Å². The van der Waals surface area contributed by atoms with Gasteiger partial charge in [0.2, 0.25) is 0 Å². The number of rotatable bonds is 7. The molecule has 0 bridgehead atoms. The Morgan fingerprint density at radius 1 is 1.09 bits per heavy atom. The van der Waals surface area contributed by atoms with Gasteiger partial charge in [0.1, 0.15) is 0 Å². The fraction of sp³-hybridized carbons (Fsp3) is 0.235. The van der Waals surface area contributed by atoms with Crippen molar-refractivity contribution in [1.82, 2.24) is 0 Å². The summed E-state index contributed by atoms with van der Waals surface area (Å²) in [4.78, 5) is 4.31. The first-order valence-electron chi connectivity index (χ1n) is 7.09. The Hall–Kier alpha value is -2.01. The standard InChI is InChI=1S/C17H19FN2OS/c18-15-8-4-5-9-16(15)21-12-13-22-17(19)20-11-10-14-6-2-1-3-7-14/h1-9H,10-13H2,(H2,19,20). The third kappa shape index (κ3) is 5.77. The Morgan fingerprint density at radius 2 is 1.82 bits per heavy atom. The summed E-state index contributed by atoms with van der Waals surface area (Å²) in [5.74, 6) is 0.550. The van der Waals surface area contributed by atoms with E-state index in [1.165, 1.54) is 23.4 Å². The summed E-state index contributed by atoms with van der Waals surface area (Å²) in [5.41, 5.74) is 7.07. The van der Waals surface area contributed by atoms with Crippen molar-refractivity contribution in [2.45, 2.75) is 6.42 Å². The van der Waals surface area contributed by atoms with Crippen LogP contribution in [0.1, 0.15) is 5.56 Å². The molecule has 2 rings (SSSR count). The Kier molecular flexibility index (Phi) is 6.77. The van der Waals surface area contributed by atoms with Crippen LogP contribution in [0.3, 0.4) is 0 Å². The molecular formula is C17H19FN2OS. The molecule has 0 saturated carbocycles. The van der Waals surface area contributed by atoms with Gasteiger partial charge in [0, 0.05) is 12.3 Å². The highest BCUT2D eigenvalue weighted by atomic mass is 32.2. The second kappa shape index (κ2) is 9.10. The highest BCUT2D eigenvalue weighted by Gasteiger charge is 2.01. The van der Waals surface area contributed by atoms with E-state index in [1.54, 1.807) is 18.2 Å². The third-order valence-electron chi connectivity index (χ3n) is 2.94. The lowest BCUT2D eigenvalue weighted by atomic mass is 10.2. The molecule has 0 aliphatic heterocycles. The zero-order valence-electron chi connectivity index (χ0n) is 12.2. The van der Waals surface area contributed by atoms with Gasteiger partial charge in [-0.2, -0.15) is 0 Å². The molecule has 0 radical (unpaired) electrons. The molecule has 22 heavy (non-hydrogen) atoms. The normalized spacial score (nSPS) is 11.4. The molecule has 0 aliphatic carbocycles. The van der Waals surface area contributed by atoms with Crippen molar-refractivity contribution in [3.8, 4) is 5.75 Å². The molecule has 5 heteroatoms. The maximum Gasteiger partial charge on any atom is 0.165 e. The lowest BCUT2D eigenvalue weighted by Gasteiger charge is -2.06. The van der Waals surface area contributed by atoms with Crippen LogP contribution in [0.15, 0.2) is 59.6 Å². The summed E-state index contributed by atoms with van der Waals surface area (Å²) in [7, 11) is 0. The van der Waals surface area contributed by atoms with Gasteiger partial charge >= 0.3 is 0 Å². The Labute approximate surface area is 134 Å². The fourth-order valence-electron chi connectivity index (χ4n) is 1.85. The summed E-state index contributed by atoms with van der Waals surface area (Å²) in [6.07, 6.45) is 0.869. The summed E-state index contributed by atoms with van der Waals surface area (Å²) in [6.45, 7) is 1.05. The molecular weight excluding hydrogens is 299 g/mol. The molecule has 0 saturated heterocycles. The van der Waals surface area contributed by atoms with E-state index in [4.69, 9.17) is 10.5 Å². The van der Waals surface area contributed by atoms with Gasteiger partial charge in [0.25, 0.3) is 0 Å².